The van der Waals surface area contributed by atoms with E-state index in [1.807, 2.05) is 0 Å². The summed E-state index contributed by atoms with van der Waals surface area (Å²) in [5.74, 6) is 0.962. The quantitative estimate of drug-likeness (QED) is 0.759. The Balaban J connectivity index is 1.39. The summed E-state index contributed by atoms with van der Waals surface area (Å²) in [5.41, 5.74) is 1.31. The second kappa shape index (κ2) is 8.13. The molecule has 23 heavy (non-hydrogen) atoms. The molecule has 0 radical (unpaired) electrons. The van der Waals surface area contributed by atoms with E-state index in [1.165, 1.54) is 24.8 Å². The molecule has 0 aromatic heterocycles. The molecule has 3 rings (SSSR count). The highest BCUT2D eigenvalue weighted by Crippen LogP contribution is 2.34. The van der Waals surface area contributed by atoms with Crippen molar-refractivity contribution in [3.63, 3.8) is 0 Å². The third-order valence-corrected chi connectivity index (χ3v) is 5.17. The van der Waals surface area contributed by atoms with E-state index in [0.717, 1.165) is 38.5 Å². The van der Waals surface area contributed by atoms with Gasteiger partial charge in [-0.25, -0.2) is 0 Å². The minimum Gasteiger partial charge on any atom is -0.492 e. The fourth-order valence-corrected chi connectivity index (χ4v) is 3.64. The van der Waals surface area contributed by atoms with Crippen LogP contribution in [0.15, 0.2) is 24.3 Å². The standard InChI is InChI=1S/C19H30N2O2/c1-3-21(4-2)11-12-22-16-7-5-15(6-8-16)14-20-18-13-17-9-10-19(18)23-17/h5-8,17-20H,3-4,9-14H2,1-2H3. The lowest BCUT2D eigenvalue weighted by molar-refractivity contribution is 0.0973. The Labute approximate surface area is 140 Å². The molecule has 1 aromatic rings. The van der Waals surface area contributed by atoms with Crippen LogP contribution in [0, 0.1) is 0 Å². The Morgan fingerprint density at radius 3 is 2.57 bits per heavy atom. The lowest BCUT2D eigenvalue weighted by atomic mass is 9.95. The zero-order valence-corrected chi connectivity index (χ0v) is 14.5. The Bertz CT molecular complexity index is 473. The van der Waals surface area contributed by atoms with E-state index >= 15 is 0 Å². The first kappa shape index (κ1) is 16.7. The summed E-state index contributed by atoms with van der Waals surface area (Å²) < 4.78 is 11.7. The van der Waals surface area contributed by atoms with E-state index in [1.54, 1.807) is 0 Å². The zero-order chi connectivity index (χ0) is 16.1. The van der Waals surface area contributed by atoms with Crippen molar-refractivity contribution >= 4 is 0 Å². The molecule has 3 atom stereocenters. The van der Waals surface area contributed by atoms with Crippen molar-refractivity contribution in [2.45, 2.75) is 57.9 Å². The Hall–Kier alpha value is -1.10. The van der Waals surface area contributed by atoms with Crippen molar-refractivity contribution in [1.29, 1.82) is 0 Å². The van der Waals surface area contributed by atoms with Crippen LogP contribution in [-0.4, -0.2) is 49.4 Å². The van der Waals surface area contributed by atoms with E-state index in [4.69, 9.17) is 9.47 Å². The van der Waals surface area contributed by atoms with Gasteiger partial charge < -0.3 is 19.7 Å². The summed E-state index contributed by atoms with van der Waals surface area (Å²) in [4.78, 5) is 2.37. The Morgan fingerprint density at radius 1 is 1.17 bits per heavy atom. The van der Waals surface area contributed by atoms with Crippen molar-refractivity contribution in [3.05, 3.63) is 29.8 Å². The van der Waals surface area contributed by atoms with Crippen LogP contribution in [0.3, 0.4) is 0 Å². The average molecular weight is 318 g/mol. The molecule has 2 heterocycles. The van der Waals surface area contributed by atoms with Crippen molar-refractivity contribution in [3.8, 4) is 5.75 Å². The molecule has 2 aliphatic heterocycles. The summed E-state index contributed by atoms with van der Waals surface area (Å²) >= 11 is 0. The number of rotatable bonds is 9. The second-order valence-corrected chi connectivity index (χ2v) is 6.62. The van der Waals surface area contributed by atoms with Gasteiger partial charge in [0.25, 0.3) is 0 Å². The van der Waals surface area contributed by atoms with Crippen molar-refractivity contribution in [1.82, 2.24) is 10.2 Å². The van der Waals surface area contributed by atoms with Crippen molar-refractivity contribution in [2.75, 3.05) is 26.2 Å². The molecule has 0 amide bonds. The van der Waals surface area contributed by atoms with Crippen LogP contribution in [0.5, 0.6) is 5.75 Å². The lowest BCUT2D eigenvalue weighted by Crippen LogP contribution is -2.36. The van der Waals surface area contributed by atoms with E-state index < -0.39 is 0 Å². The molecule has 0 saturated carbocycles. The van der Waals surface area contributed by atoms with Gasteiger partial charge in [-0.05, 0) is 50.0 Å². The van der Waals surface area contributed by atoms with Gasteiger partial charge >= 0.3 is 0 Å². The van der Waals surface area contributed by atoms with Gasteiger partial charge in [0.1, 0.15) is 12.4 Å². The highest BCUT2D eigenvalue weighted by atomic mass is 16.5. The molecule has 0 spiro atoms. The third-order valence-electron chi connectivity index (χ3n) is 5.17. The number of hydrogen-bond donors (Lipinski definition) is 1. The molecule has 0 aliphatic carbocycles. The maximum absolute atomic E-state index is 5.89. The van der Waals surface area contributed by atoms with Gasteiger partial charge in [-0.3, -0.25) is 0 Å². The summed E-state index contributed by atoms with van der Waals surface area (Å²) in [6.45, 7) is 9.19. The fraction of sp³-hybridized carbons (Fsp3) is 0.684. The number of nitrogens with one attached hydrogen (secondary N) is 1. The van der Waals surface area contributed by atoms with Gasteiger partial charge in [0.05, 0.1) is 12.2 Å². The van der Waals surface area contributed by atoms with Crippen LogP contribution in [0.2, 0.25) is 0 Å². The maximum Gasteiger partial charge on any atom is 0.119 e. The van der Waals surface area contributed by atoms with Gasteiger partial charge in [-0.1, -0.05) is 26.0 Å². The number of nitrogens with zero attached hydrogens (tertiary/aromatic N) is 1. The number of hydrogen-bond acceptors (Lipinski definition) is 4. The van der Waals surface area contributed by atoms with Crippen LogP contribution in [-0.2, 0) is 11.3 Å². The predicted molar refractivity (Wildman–Crippen MR) is 92.9 cm³/mol. The van der Waals surface area contributed by atoms with Gasteiger partial charge in [0.15, 0.2) is 0 Å². The van der Waals surface area contributed by atoms with Gasteiger partial charge in [-0.2, -0.15) is 0 Å². The molecule has 4 nitrogen and oxygen atoms in total. The second-order valence-electron chi connectivity index (χ2n) is 6.62. The predicted octanol–water partition coefficient (Wildman–Crippen LogP) is 2.82. The summed E-state index contributed by atoms with van der Waals surface area (Å²) in [5, 5.41) is 3.65. The minimum atomic E-state index is 0.447. The summed E-state index contributed by atoms with van der Waals surface area (Å²) in [7, 11) is 0. The van der Waals surface area contributed by atoms with E-state index in [2.05, 4.69) is 48.3 Å². The van der Waals surface area contributed by atoms with Crippen LogP contribution >= 0.6 is 0 Å². The third kappa shape index (κ3) is 4.46. The first-order valence-electron chi connectivity index (χ1n) is 9.11. The van der Waals surface area contributed by atoms with Gasteiger partial charge in [0, 0.05) is 19.1 Å². The highest BCUT2D eigenvalue weighted by Gasteiger charge is 2.40. The molecule has 1 aromatic carbocycles. The molecule has 2 saturated heterocycles. The highest BCUT2D eigenvalue weighted by molar-refractivity contribution is 5.27. The topological polar surface area (TPSA) is 33.7 Å². The molecule has 128 valence electrons. The lowest BCUT2D eigenvalue weighted by Gasteiger charge is -2.20. The number of fused-ring (bicyclic) bond motifs is 2. The van der Waals surface area contributed by atoms with Gasteiger partial charge in [-0.15, -0.1) is 0 Å². The molecule has 2 aliphatic rings. The largest absolute Gasteiger partial charge is 0.492 e. The monoisotopic (exact) mass is 318 g/mol. The molecule has 2 fully saturated rings. The van der Waals surface area contributed by atoms with Crippen LogP contribution < -0.4 is 10.1 Å². The van der Waals surface area contributed by atoms with E-state index in [-0.39, 0.29) is 0 Å². The first-order chi connectivity index (χ1) is 11.3. The summed E-state index contributed by atoms with van der Waals surface area (Å²) in [6, 6.07) is 9.02. The van der Waals surface area contributed by atoms with Crippen molar-refractivity contribution in [2.24, 2.45) is 0 Å². The van der Waals surface area contributed by atoms with E-state index in [9.17, 15) is 0 Å². The molecule has 1 N–H and O–H groups in total. The smallest absolute Gasteiger partial charge is 0.119 e. The average Bonchev–Trinajstić information content (AvgIpc) is 3.21. The molecule has 2 bridgehead atoms. The summed E-state index contributed by atoms with van der Waals surface area (Å²) in [6.07, 6.45) is 4.61. The van der Waals surface area contributed by atoms with E-state index in [0.29, 0.717) is 18.2 Å². The minimum absolute atomic E-state index is 0.447. The Kier molecular flexibility index (Phi) is 5.92. The van der Waals surface area contributed by atoms with Crippen LogP contribution in [0.1, 0.15) is 38.7 Å². The van der Waals surface area contributed by atoms with Gasteiger partial charge in [0.2, 0.25) is 0 Å². The first-order valence-corrected chi connectivity index (χ1v) is 9.11. The number of ether oxygens (including phenoxy) is 2. The number of benzene rings is 1. The zero-order valence-electron chi connectivity index (χ0n) is 14.5. The number of likely N-dealkylation sites (N-methyl/N-ethyl adjacent to an activating group) is 1. The molecular weight excluding hydrogens is 288 g/mol. The Morgan fingerprint density at radius 2 is 1.96 bits per heavy atom. The molecule has 4 heteroatoms. The SMILES string of the molecule is CCN(CC)CCOc1ccc(CNC2CC3CCC2O3)cc1. The molecule has 3 unspecified atom stereocenters. The maximum atomic E-state index is 5.89. The van der Waals surface area contributed by atoms with Crippen LogP contribution in [0.4, 0.5) is 0 Å². The fourth-order valence-electron chi connectivity index (χ4n) is 3.64. The molecular formula is C19H30N2O2. The van der Waals surface area contributed by atoms with Crippen molar-refractivity contribution < 1.29 is 9.47 Å². The van der Waals surface area contributed by atoms with Crippen LogP contribution in [0.25, 0.3) is 0 Å². The normalized spacial score (nSPS) is 26.1.